The third kappa shape index (κ3) is 28.4. The second-order valence-electron chi connectivity index (χ2n) is 33.2. The molecule has 0 aromatic rings. The fourth-order valence-electron chi connectivity index (χ4n) is 15.7. The van der Waals surface area contributed by atoms with Crippen molar-refractivity contribution in [2.24, 2.45) is 111 Å². The van der Waals surface area contributed by atoms with Gasteiger partial charge in [0.25, 0.3) is 0 Å². The maximum atomic E-state index is 2.38. The molecule has 16 unspecified atom stereocenters. The zero-order chi connectivity index (χ0) is 53.1. The summed E-state index contributed by atoms with van der Waals surface area (Å²) in [6.45, 7) is 28.4. The highest BCUT2D eigenvalue weighted by molar-refractivity contribution is 5.00. The monoisotopic (exact) mass is 1030 g/mol. The van der Waals surface area contributed by atoms with Gasteiger partial charge in [-0.25, -0.2) is 0 Å². The third-order valence-corrected chi connectivity index (χ3v) is 22.0. The minimum absolute atomic E-state index is 0.539. The smallest absolute Gasteiger partial charge is 0.0380 e. The molecule has 16 atom stereocenters. The van der Waals surface area contributed by atoms with E-state index in [-0.39, 0.29) is 0 Å². The van der Waals surface area contributed by atoms with Gasteiger partial charge < -0.3 is 0 Å². The Labute approximate surface area is 467 Å². The van der Waals surface area contributed by atoms with Crippen LogP contribution in [0.4, 0.5) is 0 Å². The van der Waals surface area contributed by atoms with Gasteiger partial charge >= 0.3 is 0 Å². The summed E-state index contributed by atoms with van der Waals surface area (Å²) in [6.07, 6.45) is 65.2. The zero-order valence-corrected chi connectivity index (χ0v) is 53.1. The summed E-state index contributed by atoms with van der Waals surface area (Å²) in [5.74, 6) is 18.4. The second kappa shape index (κ2) is 31.9. The maximum absolute atomic E-state index is 2.38. The molecule has 0 aromatic carbocycles. The van der Waals surface area contributed by atoms with Gasteiger partial charge in [0.05, 0.1) is 0 Å². The Bertz CT molecular complexity index is 1450. The lowest BCUT2D eigenvalue weighted by molar-refractivity contribution is 0.355. The number of hydrogen-bond donors (Lipinski definition) is 0. The van der Waals surface area contributed by atoms with E-state index in [1.54, 1.807) is 116 Å². The first-order valence-corrected chi connectivity index (χ1v) is 35.4. The van der Waals surface area contributed by atoms with Gasteiger partial charge in [0.1, 0.15) is 0 Å². The van der Waals surface area contributed by atoms with Crippen LogP contribution < -0.4 is 0 Å². The molecular weight excluding hydrogens is 889 g/mol. The van der Waals surface area contributed by atoms with Crippen LogP contribution in [0.5, 0.6) is 0 Å². The van der Waals surface area contributed by atoms with Gasteiger partial charge in [0.2, 0.25) is 0 Å². The molecule has 0 aromatic heterocycles. The highest BCUT2D eigenvalue weighted by Crippen LogP contribution is 2.60. The van der Waals surface area contributed by atoms with Crippen LogP contribution >= 0.6 is 0 Å². The minimum Gasteiger partial charge on any atom is -0.0654 e. The summed E-state index contributed by atoms with van der Waals surface area (Å²) in [5.41, 5.74) is 1.62. The lowest BCUT2D eigenvalue weighted by Crippen LogP contribution is -2.03. The largest absolute Gasteiger partial charge is 0.0654 e. The third-order valence-electron chi connectivity index (χ3n) is 22.0. The maximum Gasteiger partial charge on any atom is -0.0380 e. The minimum atomic E-state index is 0.539. The molecule has 8 aliphatic rings. The van der Waals surface area contributed by atoms with Crippen molar-refractivity contribution >= 4 is 0 Å². The number of hydrogen-bond acceptors (Lipinski definition) is 0. The summed E-state index contributed by atoms with van der Waals surface area (Å²) in [5, 5.41) is 0. The molecule has 0 amide bonds. The van der Waals surface area contributed by atoms with E-state index >= 15 is 0 Å². The highest BCUT2D eigenvalue weighted by Gasteiger charge is 2.50. The van der Waals surface area contributed by atoms with Crippen LogP contribution in [0, 0.1) is 111 Å². The van der Waals surface area contributed by atoms with Gasteiger partial charge in [0, 0.05) is 0 Å². The fourth-order valence-corrected chi connectivity index (χ4v) is 15.7. The van der Waals surface area contributed by atoms with Crippen molar-refractivity contribution in [2.45, 2.75) is 359 Å². The first kappa shape index (κ1) is 63.2. The second-order valence-corrected chi connectivity index (χ2v) is 33.2. The average molecular weight is 1030 g/mol. The average Bonchev–Trinajstić information content (AvgIpc) is 4.11. The molecule has 0 saturated heterocycles. The van der Waals surface area contributed by atoms with Crippen molar-refractivity contribution in [3.05, 3.63) is 0 Å². The molecule has 0 N–H and O–H groups in total. The SMILES string of the molecule is CCC1CC1CC1CC1CC1CC1CCCCCCCCC(C)(C)C.CCCCCC1CC1CC1CC1CC1CC1CCCCCC(C)(C)C.CCCCCC1CC1CC1CC1CCCCCCCCC(C)(C)C. The predicted octanol–water partition coefficient (Wildman–Crippen LogP) is 24.9. The fraction of sp³-hybridized carbons (Fsp3) is 1.00. The van der Waals surface area contributed by atoms with Crippen molar-refractivity contribution in [3.8, 4) is 0 Å². The van der Waals surface area contributed by atoms with E-state index in [1.165, 1.54) is 161 Å². The Morgan fingerprint density at radius 2 is 0.405 bits per heavy atom. The zero-order valence-electron chi connectivity index (χ0n) is 53.1. The Hall–Kier alpha value is 0. The van der Waals surface area contributed by atoms with Crippen molar-refractivity contribution in [2.75, 3.05) is 0 Å². The Morgan fingerprint density at radius 3 is 0.649 bits per heavy atom. The van der Waals surface area contributed by atoms with Gasteiger partial charge in [0.15, 0.2) is 0 Å². The van der Waals surface area contributed by atoms with Crippen LogP contribution in [0.2, 0.25) is 0 Å². The van der Waals surface area contributed by atoms with Crippen LogP contribution in [0.15, 0.2) is 0 Å². The highest BCUT2D eigenvalue weighted by atomic mass is 14.6. The van der Waals surface area contributed by atoms with E-state index in [4.69, 9.17) is 0 Å². The molecule has 0 nitrogen and oxygen atoms in total. The summed E-state index contributed by atoms with van der Waals surface area (Å²) in [7, 11) is 0. The lowest BCUT2D eigenvalue weighted by Gasteiger charge is -2.17. The van der Waals surface area contributed by atoms with E-state index in [2.05, 4.69) is 83.1 Å². The molecule has 8 fully saturated rings. The summed E-state index contributed by atoms with van der Waals surface area (Å²) in [6, 6.07) is 0. The lowest BCUT2D eigenvalue weighted by atomic mass is 9.89. The summed E-state index contributed by atoms with van der Waals surface area (Å²) >= 11 is 0. The molecule has 0 heterocycles. The summed E-state index contributed by atoms with van der Waals surface area (Å²) in [4.78, 5) is 0. The van der Waals surface area contributed by atoms with Gasteiger partial charge in [-0.05, 0) is 214 Å². The van der Waals surface area contributed by atoms with Gasteiger partial charge in [-0.15, -0.1) is 0 Å². The molecule has 8 rings (SSSR count). The Kier molecular flexibility index (Phi) is 27.2. The first-order chi connectivity index (χ1) is 35.4. The van der Waals surface area contributed by atoms with Gasteiger partial charge in [-0.2, -0.15) is 0 Å². The first-order valence-electron chi connectivity index (χ1n) is 35.4. The predicted molar refractivity (Wildman–Crippen MR) is 330 cm³/mol. The Morgan fingerprint density at radius 1 is 0.216 bits per heavy atom. The van der Waals surface area contributed by atoms with Crippen LogP contribution in [0.1, 0.15) is 359 Å². The van der Waals surface area contributed by atoms with E-state index in [1.807, 2.05) is 0 Å². The molecule has 74 heavy (non-hydrogen) atoms. The summed E-state index contributed by atoms with van der Waals surface area (Å²) < 4.78 is 0. The molecule has 8 aliphatic carbocycles. The standard InChI is InChI=1S/2C25H46.C24H46/c1-5-19-14-21(19)16-23-18-24(23)17-22-15-20(22)12-10-8-6-7-9-11-13-25(2,3)4;1-5-6-8-11-19-14-21(19)16-23-18-24(23)17-22-15-20(22)12-9-7-10-13-25(2,3)4;1-5-6-11-14-20-17-22(20)19-23-18-21(23)15-12-9-7-8-10-13-16-24(2,3)4/h2*19-24H,5-18H2,1-4H3;20-23H,5-19H2,1-4H3. The van der Waals surface area contributed by atoms with Gasteiger partial charge in [-0.3, -0.25) is 0 Å². The molecule has 0 radical (unpaired) electrons. The molecule has 0 aliphatic heterocycles. The van der Waals surface area contributed by atoms with Gasteiger partial charge in [-0.1, -0.05) is 256 Å². The van der Waals surface area contributed by atoms with E-state index in [0.717, 1.165) is 94.7 Å². The topological polar surface area (TPSA) is 0 Å². The molecule has 0 heteroatoms. The molecule has 0 bridgehead atoms. The van der Waals surface area contributed by atoms with E-state index in [0.29, 0.717) is 16.2 Å². The number of unbranched alkanes of at least 4 members (excludes halogenated alkanes) is 16. The molecule has 0 spiro atoms. The van der Waals surface area contributed by atoms with Crippen LogP contribution in [-0.4, -0.2) is 0 Å². The van der Waals surface area contributed by atoms with E-state index in [9.17, 15) is 0 Å². The molecular formula is C74H138. The molecule has 434 valence electrons. The van der Waals surface area contributed by atoms with Crippen LogP contribution in [0.3, 0.4) is 0 Å². The Balaban J connectivity index is 0.000000181. The van der Waals surface area contributed by atoms with Crippen LogP contribution in [0.25, 0.3) is 0 Å². The normalized spacial score (nSPS) is 34.1. The van der Waals surface area contributed by atoms with Crippen molar-refractivity contribution in [3.63, 3.8) is 0 Å². The van der Waals surface area contributed by atoms with Crippen LogP contribution in [-0.2, 0) is 0 Å². The van der Waals surface area contributed by atoms with Crippen molar-refractivity contribution < 1.29 is 0 Å². The quantitative estimate of drug-likeness (QED) is 0.0537. The molecule has 8 saturated carbocycles. The van der Waals surface area contributed by atoms with E-state index < -0.39 is 0 Å². The van der Waals surface area contributed by atoms with Crippen molar-refractivity contribution in [1.82, 2.24) is 0 Å². The van der Waals surface area contributed by atoms with Crippen molar-refractivity contribution in [1.29, 1.82) is 0 Å². The number of rotatable bonds is 40.